The maximum Gasteiger partial charge on any atom is 0.191 e. The zero-order chi connectivity index (χ0) is 16.8. The van der Waals surface area contributed by atoms with Gasteiger partial charge in [-0.3, -0.25) is 4.99 Å². The lowest BCUT2D eigenvalue weighted by Crippen LogP contribution is -2.45. The first-order chi connectivity index (χ1) is 11.7. The number of guanidine groups is 1. The lowest BCUT2D eigenvalue weighted by atomic mass is 10.1. The summed E-state index contributed by atoms with van der Waals surface area (Å²) in [6.45, 7) is 6.89. The van der Waals surface area contributed by atoms with E-state index < -0.39 is 0 Å². The third kappa shape index (κ3) is 4.96. The summed E-state index contributed by atoms with van der Waals surface area (Å²) in [5, 5.41) is 11.5. The van der Waals surface area contributed by atoms with E-state index in [1.165, 1.54) is 50.8 Å². The summed E-state index contributed by atoms with van der Waals surface area (Å²) in [6.07, 6.45) is 7.00. The van der Waals surface area contributed by atoms with Crippen molar-refractivity contribution in [1.29, 1.82) is 0 Å². The van der Waals surface area contributed by atoms with E-state index in [0.29, 0.717) is 12.0 Å². The number of thiophene rings is 1. The van der Waals surface area contributed by atoms with Gasteiger partial charge in [-0.05, 0) is 53.5 Å². The molecular formula is C19H32N4S. The van der Waals surface area contributed by atoms with E-state index in [2.05, 4.69) is 44.3 Å². The average Bonchev–Trinajstić information content (AvgIpc) is 3.34. The Morgan fingerprint density at radius 3 is 2.92 bits per heavy atom. The highest BCUT2D eigenvalue weighted by molar-refractivity contribution is 7.07. The second-order valence-corrected chi connectivity index (χ2v) is 8.23. The van der Waals surface area contributed by atoms with E-state index in [4.69, 9.17) is 0 Å². The molecule has 4 nitrogen and oxygen atoms in total. The summed E-state index contributed by atoms with van der Waals surface area (Å²) >= 11 is 1.77. The zero-order valence-corrected chi connectivity index (χ0v) is 15.9. The van der Waals surface area contributed by atoms with E-state index in [-0.39, 0.29) is 0 Å². The molecule has 0 radical (unpaired) electrons. The third-order valence-electron chi connectivity index (χ3n) is 5.52. The molecule has 1 aromatic rings. The second kappa shape index (κ2) is 8.86. The van der Waals surface area contributed by atoms with E-state index in [1.807, 2.05) is 7.05 Å². The van der Waals surface area contributed by atoms with Crippen LogP contribution in [0.15, 0.2) is 21.8 Å². The Balaban J connectivity index is 1.39. The Labute approximate surface area is 150 Å². The van der Waals surface area contributed by atoms with Crippen molar-refractivity contribution < 1.29 is 0 Å². The van der Waals surface area contributed by atoms with Crippen molar-refractivity contribution in [2.45, 2.75) is 51.0 Å². The predicted octanol–water partition coefficient (Wildman–Crippen LogP) is 3.28. The van der Waals surface area contributed by atoms with Gasteiger partial charge in [-0.2, -0.15) is 11.3 Å². The van der Waals surface area contributed by atoms with Gasteiger partial charge in [0, 0.05) is 39.3 Å². The quantitative estimate of drug-likeness (QED) is 0.612. The van der Waals surface area contributed by atoms with Crippen molar-refractivity contribution in [2.24, 2.45) is 10.9 Å². The van der Waals surface area contributed by atoms with Crippen LogP contribution in [0.2, 0.25) is 0 Å². The molecule has 2 heterocycles. The molecule has 3 rings (SSSR count). The first-order valence-electron chi connectivity index (χ1n) is 9.46. The van der Waals surface area contributed by atoms with Gasteiger partial charge in [-0.25, -0.2) is 0 Å². The fourth-order valence-electron chi connectivity index (χ4n) is 3.99. The van der Waals surface area contributed by atoms with Gasteiger partial charge in [0.05, 0.1) is 0 Å². The molecule has 134 valence electrons. The molecule has 2 unspecified atom stereocenters. The molecule has 1 aliphatic heterocycles. The van der Waals surface area contributed by atoms with Gasteiger partial charge < -0.3 is 15.5 Å². The number of rotatable bonds is 6. The van der Waals surface area contributed by atoms with Crippen LogP contribution in [-0.4, -0.2) is 50.1 Å². The minimum absolute atomic E-state index is 0.511. The summed E-state index contributed by atoms with van der Waals surface area (Å²) in [5.74, 6) is 2.41. The highest BCUT2D eigenvalue weighted by atomic mass is 32.1. The van der Waals surface area contributed by atoms with Crippen LogP contribution in [0, 0.1) is 5.92 Å². The smallest absolute Gasteiger partial charge is 0.191 e. The summed E-state index contributed by atoms with van der Waals surface area (Å²) in [4.78, 5) is 7.06. The standard InChI is InChI=1S/C19H32N4S/c1-15(17-8-10-24-14-17)11-21-19(20-2)22-18-7-9-23(13-18)12-16-5-3-4-6-16/h8,10,14-16,18H,3-7,9,11-13H2,1-2H3,(H2,20,21,22). The van der Waals surface area contributed by atoms with Crippen LogP contribution in [-0.2, 0) is 0 Å². The molecule has 1 saturated carbocycles. The van der Waals surface area contributed by atoms with E-state index >= 15 is 0 Å². The van der Waals surface area contributed by atoms with Gasteiger partial charge in [-0.1, -0.05) is 19.8 Å². The SMILES string of the molecule is CN=C(NCC(C)c1ccsc1)NC1CCN(CC2CCCC2)C1. The minimum atomic E-state index is 0.511. The fraction of sp³-hybridized carbons (Fsp3) is 0.737. The Morgan fingerprint density at radius 1 is 1.38 bits per heavy atom. The Kier molecular flexibility index (Phi) is 6.55. The number of hydrogen-bond acceptors (Lipinski definition) is 3. The summed E-state index contributed by atoms with van der Waals surface area (Å²) in [7, 11) is 1.87. The largest absolute Gasteiger partial charge is 0.356 e. The molecule has 1 saturated heterocycles. The van der Waals surface area contributed by atoms with Crippen molar-refractivity contribution >= 4 is 17.3 Å². The topological polar surface area (TPSA) is 39.7 Å². The molecule has 2 fully saturated rings. The van der Waals surface area contributed by atoms with Gasteiger partial charge in [0.25, 0.3) is 0 Å². The minimum Gasteiger partial charge on any atom is -0.356 e. The van der Waals surface area contributed by atoms with Gasteiger partial charge in [0.1, 0.15) is 0 Å². The van der Waals surface area contributed by atoms with Crippen LogP contribution in [0.25, 0.3) is 0 Å². The number of aliphatic imine (C=N–C) groups is 1. The van der Waals surface area contributed by atoms with E-state index in [0.717, 1.165) is 25.0 Å². The van der Waals surface area contributed by atoms with Gasteiger partial charge in [0.15, 0.2) is 5.96 Å². The monoisotopic (exact) mass is 348 g/mol. The van der Waals surface area contributed by atoms with Gasteiger partial charge in [0.2, 0.25) is 0 Å². The average molecular weight is 349 g/mol. The normalized spacial score (nSPS) is 24.4. The maximum absolute atomic E-state index is 4.41. The molecule has 1 aliphatic carbocycles. The molecule has 2 aliphatic rings. The van der Waals surface area contributed by atoms with Gasteiger partial charge >= 0.3 is 0 Å². The molecule has 0 aromatic carbocycles. The van der Waals surface area contributed by atoms with Crippen molar-refractivity contribution in [2.75, 3.05) is 33.2 Å². The van der Waals surface area contributed by atoms with Crippen LogP contribution in [0.5, 0.6) is 0 Å². The molecule has 0 bridgehead atoms. The van der Waals surface area contributed by atoms with Crippen LogP contribution in [0.1, 0.15) is 50.5 Å². The first kappa shape index (κ1) is 17.7. The highest BCUT2D eigenvalue weighted by Gasteiger charge is 2.26. The van der Waals surface area contributed by atoms with Gasteiger partial charge in [-0.15, -0.1) is 0 Å². The van der Waals surface area contributed by atoms with Crippen LogP contribution in [0.3, 0.4) is 0 Å². The first-order valence-corrected chi connectivity index (χ1v) is 10.4. The molecule has 5 heteroatoms. The number of likely N-dealkylation sites (tertiary alicyclic amines) is 1. The summed E-state index contributed by atoms with van der Waals surface area (Å²) in [6, 6.07) is 2.75. The lowest BCUT2D eigenvalue weighted by molar-refractivity contribution is 0.275. The lowest BCUT2D eigenvalue weighted by Gasteiger charge is -2.22. The number of nitrogens with zero attached hydrogens (tertiary/aromatic N) is 2. The summed E-state index contributed by atoms with van der Waals surface area (Å²) in [5.41, 5.74) is 1.41. The van der Waals surface area contributed by atoms with Crippen molar-refractivity contribution in [1.82, 2.24) is 15.5 Å². The molecular weight excluding hydrogens is 316 g/mol. The highest BCUT2D eigenvalue weighted by Crippen LogP contribution is 2.26. The van der Waals surface area contributed by atoms with Crippen molar-refractivity contribution in [3.63, 3.8) is 0 Å². The Morgan fingerprint density at radius 2 is 2.21 bits per heavy atom. The Bertz CT molecular complexity index is 507. The fourth-order valence-corrected chi connectivity index (χ4v) is 4.77. The number of hydrogen-bond donors (Lipinski definition) is 2. The molecule has 2 atom stereocenters. The van der Waals surface area contributed by atoms with Crippen LogP contribution < -0.4 is 10.6 Å². The summed E-state index contributed by atoms with van der Waals surface area (Å²) < 4.78 is 0. The maximum atomic E-state index is 4.41. The number of nitrogens with one attached hydrogen (secondary N) is 2. The van der Waals surface area contributed by atoms with Crippen molar-refractivity contribution in [3.05, 3.63) is 22.4 Å². The molecule has 1 aromatic heterocycles. The van der Waals surface area contributed by atoms with E-state index in [1.54, 1.807) is 11.3 Å². The van der Waals surface area contributed by atoms with Crippen LogP contribution >= 0.6 is 11.3 Å². The zero-order valence-electron chi connectivity index (χ0n) is 15.1. The third-order valence-corrected chi connectivity index (χ3v) is 6.22. The predicted molar refractivity (Wildman–Crippen MR) is 104 cm³/mol. The molecule has 24 heavy (non-hydrogen) atoms. The van der Waals surface area contributed by atoms with Crippen molar-refractivity contribution in [3.8, 4) is 0 Å². The molecule has 0 spiro atoms. The molecule has 2 N–H and O–H groups in total. The molecule has 0 amide bonds. The van der Waals surface area contributed by atoms with Crippen LogP contribution in [0.4, 0.5) is 0 Å². The Hall–Kier alpha value is -1.07. The van der Waals surface area contributed by atoms with E-state index in [9.17, 15) is 0 Å². The second-order valence-electron chi connectivity index (χ2n) is 7.45.